The van der Waals surface area contributed by atoms with Gasteiger partial charge in [-0.25, -0.2) is 13.2 Å². The number of methoxy groups -OCH3 is 1. The number of hydrogen-bond donors (Lipinski definition) is 2. The minimum atomic E-state index is -4.54. The highest BCUT2D eigenvalue weighted by Gasteiger charge is 2.47. The van der Waals surface area contributed by atoms with Crippen molar-refractivity contribution in [1.29, 1.82) is 0 Å². The van der Waals surface area contributed by atoms with Gasteiger partial charge in [-0.15, -0.1) is 0 Å². The maximum absolute atomic E-state index is 13.0. The van der Waals surface area contributed by atoms with Crippen LogP contribution in [-0.4, -0.2) is 57.0 Å². The van der Waals surface area contributed by atoms with E-state index in [4.69, 9.17) is 0 Å². The van der Waals surface area contributed by atoms with E-state index in [1.165, 1.54) is 11.4 Å². The van der Waals surface area contributed by atoms with Gasteiger partial charge in [0.05, 0.1) is 17.6 Å². The van der Waals surface area contributed by atoms with E-state index in [0.29, 0.717) is 19.3 Å². The smallest absolute Gasteiger partial charge is 0.416 e. The van der Waals surface area contributed by atoms with E-state index >= 15 is 0 Å². The van der Waals surface area contributed by atoms with Gasteiger partial charge in [0.1, 0.15) is 6.04 Å². The number of carbonyl (C=O) groups is 2. The molecule has 184 valence electrons. The fraction of sp³-hybridized carbons (Fsp3) is 0.619. The summed E-state index contributed by atoms with van der Waals surface area (Å²) in [6.07, 6.45) is -2.75. The van der Waals surface area contributed by atoms with E-state index in [-0.39, 0.29) is 41.8 Å². The van der Waals surface area contributed by atoms with Gasteiger partial charge in [0.2, 0.25) is 15.9 Å². The number of sulfonamides is 1. The molecule has 0 spiro atoms. The fourth-order valence-corrected chi connectivity index (χ4v) is 6.14. The van der Waals surface area contributed by atoms with Crippen LogP contribution in [0, 0.1) is 11.8 Å². The Morgan fingerprint density at radius 3 is 2.42 bits per heavy atom. The summed E-state index contributed by atoms with van der Waals surface area (Å²) in [7, 11) is -2.75. The first-order valence-corrected chi connectivity index (χ1v) is 12.2. The van der Waals surface area contributed by atoms with Crippen LogP contribution >= 0.6 is 0 Å². The second kappa shape index (κ2) is 9.88. The quantitative estimate of drug-likeness (QED) is 0.610. The van der Waals surface area contributed by atoms with E-state index < -0.39 is 33.9 Å². The van der Waals surface area contributed by atoms with Gasteiger partial charge < -0.3 is 15.4 Å². The highest BCUT2D eigenvalue weighted by molar-refractivity contribution is 7.89. The number of nitrogens with zero attached hydrogens (tertiary/aromatic N) is 1. The Morgan fingerprint density at radius 1 is 1.18 bits per heavy atom. The number of fused-ring (bicyclic) bond motifs is 1. The molecule has 1 heterocycles. The summed E-state index contributed by atoms with van der Waals surface area (Å²) in [6, 6.07) is 2.45. The van der Waals surface area contributed by atoms with Gasteiger partial charge in [0, 0.05) is 19.1 Å². The second-order valence-corrected chi connectivity index (χ2v) is 10.4. The topological polar surface area (TPSA) is 105 Å². The maximum atomic E-state index is 13.0. The Bertz CT molecular complexity index is 968. The van der Waals surface area contributed by atoms with Crippen molar-refractivity contribution < 1.29 is 35.9 Å². The molecule has 2 aliphatic rings. The molecule has 1 aliphatic carbocycles. The molecule has 8 nitrogen and oxygen atoms in total. The van der Waals surface area contributed by atoms with Gasteiger partial charge in [-0.05, 0) is 55.4 Å². The summed E-state index contributed by atoms with van der Waals surface area (Å²) in [4.78, 5) is 24.1. The van der Waals surface area contributed by atoms with Gasteiger partial charge in [-0.2, -0.15) is 17.5 Å². The summed E-state index contributed by atoms with van der Waals surface area (Å²) in [6.45, 7) is 2.30. The first kappa shape index (κ1) is 25.3. The number of alkyl carbamates (subject to hydrolysis) is 1. The third-order valence-corrected chi connectivity index (χ3v) is 8.19. The highest BCUT2D eigenvalue weighted by atomic mass is 32.2. The van der Waals surface area contributed by atoms with Crippen molar-refractivity contribution >= 4 is 22.0 Å². The van der Waals surface area contributed by atoms with Crippen molar-refractivity contribution in [2.45, 2.75) is 55.8 Å². The van der Waals surface area contributed by atoms with Crippen molar-refractivity contribution in [1.82, 2.24) is 14.9 Å². The predicted octanol–water partition coefficient (Wildman–Crippen LogP) is 2.75. The molecule has 2 amide bonds. The van der Waals surface area contributed by atoms with Crippen LogP contribution in [0.2, 0.25) is 0 Å². The van der Waals surface area contributed by atoms with Gasteiger partial charge in [0.25, 0.3) is 0 Å². The van der Waals surface area contributed by atoms with Crippen LogP contribution in [0.1, 0.15) is 38.2 Å². The number of benzene rings is 1. The lowest BCUT2D eigenvalue weighted by Gasteiger charge is -2.24. The van der Waals surface area contributed by atoms with Gasteiger partial charge in [-0.1, -0.05) is 13.3 Å². The Kier molecular flexibility index (Phi) is 7.57. The standard InChI is InChI=1S/C21H28F3N3O5S/c1-3-4-18(26-20(29)32-2)19(28)25-17-10-5-13-11-27(12-16(13)17)33(30,31)15-8-6-14(7-9-15)21(22,23)24/h6-9,13,16-18H,3-5,10-12H2,1-2H3,(H,25,28)(H,26,29)/t13-,16+,17-,18+/m1/s1. The molecule has 3 rings (SSSR count). The first-order valence-electron chi connectivity index (χ1n) is 10.8. The highest BCUT2D eigenvalue weighted by Crippen LogP contribution is 2.40. The normalized spacial score (nSPS) is 24.2. The molecule has 0 radical (unpaired) electrons. The molecular formula is C21H28F3N3O5S. The molecule has 1 aliphatic heterocycles. The Balaban J connectivity index is 1.67. The zero-order valence-corrected chi connectivity index (χ0v) is 19.2. The largest absolute Gasteiger partial charge is 0.453 e. The van der Waals surface area contributed by atoms with E-state index in [1.54, 1.807) is 0 Å². The zero-order chi connectivity index (χ0) is 24.4. The van der Waals surface area contributed by atoms with Gasteiger partial charge in [0.15, 0.2) is 0 Å². The van der Waals surface area contributed by atoms with Crippen molar-refractivity contribution in [2.75, 3.05) is 20.2 Å². The van der Waals surface area contributed by atoms with Crippen LogP contribution in [0.25, 0.3) is 0 Å². The molecular weight excluding hydrogens is 463 g/mol. The van der Waals surface area contributed by atoms with E-state index in [9.17, 15) is 31.2 Å². The minimum Gasteiger partial charge on any atom is -0.453 e. The summed E-state index contributed by atoms with van der Waals surface area (Å²) in [5.41, 5.74) is -0.912. The third-order valence-electron chi connectivity index (χ3n) is 6.34. The van der Waals surface area contributed by atoms with Crippen molar-refractivity contribution in [2.24, 2.45) is 11.8 Å². The molecule has 2 fully saturated rings. The average molecular weight is 492 g/mol. The molecule has 1 aromatic carbocycles. The number of amides is 2. The molecule has 4 atom stereocenters. The maximum Gasteiger partial charge on any atom is 0.416 e. The molecule has 1 saturated heterocycles. The lowest BCUT2D eigenvalue weighted by Crippen LogP contribution is -2.51. The Hall–Kier alpha value is -2.34. The molecule has 2 N–H and O–H groups in total. The lowest BCUT2D eigenvalue weighted by atomic mass is 9.97. The second-order valence-electron chi connectivity index (χ2n) is 8.44. The molecule has 0 unspecified atom stereocenters. The van der Waals surface area contributed by atoms with E-state index in [2.05, 4.69) is 15.4 Å². The number of rotatable bonds is 7. The number of nitrogens with one attached hydrogen (secondary N) is 2. The molecule has 0 bridgehead atoms. The van der Waals surface area contributed by atoms with E-state index in [1.807, 2.05) is 6.92 Å². The average Bonchev–Trinajstić information content (AvgIpc) is 3.35. The van der Waals surface area contributed by atoms with Crippen LogP contribution < -0.4 is 10.6 Å². The van der Waals surface area contributed by atoms with Crippen LogP contribution in [0.3, 0.4) is 0 Å². The Labute approximate surface area is 190 Å². The van der Waals surface area contributed by atoms with Crippen molar-refractivity contribution in [3.05, 3.63) is 29.8 Å². The number of alkyl halides is 3. The van der Waals surface area contributed by atoms with Crippen LogP contribution in [0.5, 0.6) is 0 Å². The van der Waals surface area contributed by atoms with Gasteiger partial charge >= 0.3 is 12.3 Å². The molecule has 33 heavy (non-hydrogen) atoms. The molecule has 1 saturated carbocycles. The molecule has 1 aromatic rings. The predicted molar refractivity (Wildman–Crippen MR) is 113 cm³/mol. The molecule has 12 heteroatoms. The van der Waals surface area contributed by atoms with Crippen LogP contribution in [0.15, 0.2) is 29.2 Å². The number of halogens is 3. The fourth-order valence-electron chi connectivity index (χ4n) is 4.61. The SMILES string of the molecule is CCC[C@H](NC(=O)OC)C(=O)N[C@@H]1CC[C@@H]2CN(S(=O)(=O)c3ccc(C(F)(F)F)cc3)C[C@@H]21. The van der Waals surface area contributed by atoms with Crippen LogP contribution in [-0.2, 0) is 25.7 Å². The number of carbonyl (C=O) groups excluding carboxylic acids is 2. The number of ether oxygens (including phenoxy) is 1. The summed E-state index contributed by atoms with van der Waals surface area (Å²) in [5, 5.41) is 5.46. The van der Waals surface area contributed by atoms with Gasteiger partial charge in [-0.3, -0.25) is 4.79 Å². The van der Waals surface area contributed by atoms with Crippen molar-refractivity contribution in [3.63, 3.8) is 0 Å². The van der Waals surface area contributed by atoms with E-state index in [0.717, 1.165) is 30.7 Å². The summed E-state index contributed by atoms with van der Waals surface area (Å²) in [5.74, 6) is -0.423. The zero-order valence-electron chi connectivity index (χ0n) is 18.4. The van der Waals surface area contributed by atoms with Crippen molar-refractivity contribution in [3.8, 4) is 0 Å². The minimum absolute atomic E-state index is 0.0396. The lowest BCUT2D eigenvalue weighted by molar-refractivity contribution is -0.137. The Morgan fingerprint density at radius 2 is 1.85 bits per heavy atom. The molecule has 0 aromatic heterocycles. The monoisotopic (exact) mass is 491 g/mol. The summed E-state index contributed by atoms with van der Waals surface area (Å²) < 4.78 is 70.2. The third kappa shape index (κ3) is 5.60. The number of hydrogen-bond acceptors (Lipinski definition) is 5. The van der Waals surface area contributed by atoms with Crippen LogP contribution in [0.4, 0.5) is 18.0 Å². The summed E-state index contributed by atoms with van der Waals surface area (Å²) >= 11 is 0. The first-order chi connectivity index (χ1) is 15.5.